The number of benzene rings is 1. The minimum atomic E-state index is -0.466. The van der Waals surface area contributed by atoms with E-state index in [9.17, 15) is 9.90 Å². The van der Waals surface area contributed by atoms with E-state index in [0.29, 0.717) is 0 Å². The summed E-state index contributed by atoms with van der Waals surface area (Å²) in [6, 6.07) is 10.1. The van der Waals surface area contributed by atoms with Crippen molar-refractivity contribution in [3.05, 3.63) is 48.0 Å². The first kappa shape index (κ1) is 15.8. The first-order valence-electron chi connectivity index (χ1n) is 7.82. The van der Waals surface area contributed by atoms with Gasteiger partial charge in [-0.15, -0.1) is 0 Å². The Bertz CT molecular complexity index is 491. The molecule has 0 saturated heterocycles. The van der Waals surface area contributed by atoms with E-state index in [-0.39, 0.29) is 24.5 Å². The zero-order valence-electron chi connectivity index (χ0n) is 12.9. The fraction of sp³-hybridized carbons (Fsp3) is 0.500. The van der Waals surface area contributed by atoms with Gasteiger partial charge in [-0.05, 0) is 24.8 Å². The normalized spacial score (nSPS) is 21.5. The lowest BCUT2D eigenvalue weighted by molar-refractivity contribution is -0.127. The summed E-state index contributed by atoms with van der Waals surface area (Å²) < 4.78 is 0. The molecule has 0 saturated carbocycles. The van der Waals surface area contributed by atoms with E-state index in [1.807, 2.05) is 42.5 Å². The highest BCUT2D eigenvalue weighted by molar-refractivity contribution is 5.88. The van der Waals surface area contributed by atoms with E-state index >= 15 is 0 Å². The van der Waals surface area contributed by atoms with E-state index < -0.39 is 5.41 Å². The third-order valence-corrected chi connectivity index (χ3v) is 4.69. The van der Waals surface area contributed by atoms with Gasteiger partial charge in [-0.1, -0.05) is 56.3 Å². The maximum absolute atomic E-state index is 12.9. The highest BCUT2D eigenvalue weighted by Crippen LogP contribution is 2.32. The van der Waals surface area contributed by atoms with Crippen LogP contribution in [-0.2, 0) is 10.2 Å². The lowest BCUT2D eigenvalue weighted by Gasteiger charge is -2.32. The second-order valence-corrected chi connectivity index (χ2v) is 5.80. The van der Waals surface area contributed by atoms with Crippen molar-refractivity contribution in [1.29, 1.82) is 0 Å². The van der Waals surface area contributed by atoms with Crippen LogP contribution in [0.15, 0.2) is 42.5 Å². The molecule has 3 nitrogen and oxygen atoms in total. The molecule has 1 aromatic carbocycles. The molecule has 0 bridgehead atoms. The Kier molecular flexibility index (Phi) is 5.18. The van der Waals surface area contributed by atoms with Crippen LogP contribution in [-0.4, -0.2) is 23.7 Å². The lowest BCUT2D eigenvalue weighted by Crippen LogP contribution is -2.47. The molecule has 2 rings (SSSR count). The molecular weight excluding hydrogens is 262 g/mol. The highest BCUT2D eigenvalue weighted by Gasteiger charge is 2.37. The van der Waals surface area contributed by atoms with Crippen molar-refractivity contribution in [3.63, 3.8) is 0 Å². The van der Waals surface area contributed by atoms with Gasteiger partial charge < -0.3 is 10.4 Å². The van der Waals surface area contributed by atoms with E-state index in [2.05, 4.69) is 19.2 Å². The first-order valence-corrected chi connectivity index (χ1v) is 7.82. The predicted molar refractivity (Wildman–Crippen MR) is 85.0 cm³/mol. The number of hydrogen-bond acceptors (Lipinski definition) is 2. The zero-order chi connectivity index (χ0) is 15.3. The number of amides is 1. The summed E-state index contributed by atoms with van der Waals surface area (Å²) in [7, 11) is 0. The Labute approximate surface area is 127 Å². The van der Waals surface area contributed by atoms with Crippen LogP contribution in [0, 0.1) is 5.92 Å². The number of aliphatic hydroxyl groups excluding tert-OH is 1. The second-order valence-electron chi connectivity index (χ2n) is 5.80. The van der Waals surface area contributed by atoms with Crippen molar-refractivity contribution in [2.45, 2.75) is 44.6 Å². The standard InChI is InChI=1S/C18H25NO2/c1-3-18(4-2,15-8-6-5-7-9-15)17(21)19-16-11-10-14(12-16)13-20/h5-11,14,16,20H,3-4,12-13H2,1-2H3,(H,19,21)/t14-,16+/m0/s1. The van der Waals surface area contributed by atoms with Crippen molar-refractivity contribution in [1.82, 2.24) is 5.32 Å². The molecule has 0 aliphatic heterocycles. The summed E-state index contributed by atoms with van der Waals surface area (Å²) in [6.07, 6.45) is 6.34. The molecule has 0 fully saturated rings. The molecule has 1 aromatic rings. The summed E-state index contributed by atoms with van der Waals surface area (Å²) in [6.45, 7) is 4.28. The van der Waals surface area contributed by atoms with Crippen LogP contribution in [0.4, 0.5) is 0 Å². The molecule has 2 atom stereocenters. The number of aliphatic hydroxyl groups is 1. The third kappa shape index (κ3) is 3.18. The minimum absolute atomic E-state index is 0.0378. The van der Waals surface area contributed by atoms with Crippen LogP contribution in [0.3, 0.4) is 0 Å². The van der Waals surface area contributed by atoms with Crippen LogP contribution in [0.2, 0.25) is 0 Å². The number of rotatable bonds is 6. The van der Waals surface area contributed by atoms with Crippen LogP contribution in [0.1, 0.15) is 38.7 Å². The van der Waals surface area contributed by atoms with Gasteiger partial charge in [0.2, 0.25) is 5.91 Å². The molecule has 1 aliphatic rings. The molecule has 114 valence electrons. The summed E-state index contributed by atoms with van der Waals surface area (Å²) in [5.41, 5.74) is 0.611. The van der Waals surface area contributed by atoms with Crippen LogP contribution in [0.25, 0.3) is 0 Å². The van der Waals surface area contributed by atoms with Crippen molar-refractivity contribution in [2.75, 3.05) is 6.61 Å². The van der Waals surface area contributed by atoms with Gasteiger partial charge in [0, 0.05) is 18.6 Å². The fourth-order valence-corrected chi connectivity index (χ4v) is 3.19. The molecule has 1 aliphatic carbocycles. The minimum Gasteiger partial charge on any atom is -0.396 e. The largest absolute Gasteiger partial charge is 0.396 e. The van der Waals surface area contributed by atoms with Gasteiger partial charge in [0.05, 0.1) is 5.41 Å². The van der Waals surface area contributed by atoms with Crippen LogP contribution >= 0.6 is 0 Å². The topological polar surface area (TPSA) is 49.3 Å². The van der Waals surface area contributed by atoms with E-state index in [4.69, 9.17) is 0 Å². The van der Waals surface area contributed by atoms with Crippen molar-refractivity contribution in [3.8, 4) is 0 Å². The molecule has 0 spiro atoms. The van der Waals surface area contributed by atoms with Crippen LogP contribution < -0.4 is 5.32 Å². The molecule has 1 amide bonds. The summed E-state index contributed by atoms with van der Waals surface area (Å²) >= 11 is 0. The molecule has 3 heteroatoms. The zero-order valence-corrected chi connectivity index (χ0v) is 12.9. The Morgan fingerprint density at radius 3 is 2.43 bits per heavy atom. The second kappa shape index (κ2) is 6.90. The summed E-state index contributed by atoms with van der Waals surface area (Å²) in [4.78, 5) is 12.9. The molecule has 2 N–H and O–H groups in total. The molecule has 0 aromatic heterocycles. The maximum Gasteiger partial charge on any atom is 0.231 e. The van der Waals surface area contributed by atoms with Gasteiger partial charge in [0.1, 0.15) is 0 Å². The van der Waals surface area contributed by atoms with Crippen molar-refractivity contribution >= 4 is 5.91 Å². The Morgan fingerprint density at radius 2 is 1.90 bits per heavy atom. The summed E-state index contributed by atoms with van der Waals surface area (Å²) in [5, 5.41) is 12.3. The van der Waals surface area contributed by atoms with Gasteiger partial charge >= 0.3 is 0 Å². The van der Waals surface area contributed by atoms with E-state index in [0.717, 1.165) is 24.8 Å². The Morgan fingerprint density at radius 1 is 1.24 bits per heavy atom. The number of carbonyl (C=O) groups excluding carboxylic acids is 1. The third-order valence-electron chi connectivity index (χ3n) is 4.69. The first-order chi connectivity index (χ1) is 10.2. The summed E-state index contributed by atoms with van der Waals surface area (Å²) in [5.74, 6) is 0.261. The fourth-order valence-electron chi connectivity index (χ4n) is 3.19. The van der Waals surface area contributed by atoms with Gasteiger partial charge in [0.25, 0.3) is 0 Å². The maximum atomic E-state index is 12.9. The lowest BCUT2D eigenvalue weighted by atomic mass is 9.75. The van der Waals surface area contributed by atoms with Crippen molar-refractivity contribution in [2.24, 2.45) is 5.92 Å². The van der Waals surface area contributed by atoms with E-state index in [1.165, 1.54) is 0 Å². The van der Waals surface area contributed by atoms with E-state index in [1.54, 1.807) is 0 Å². The number of hydrogen-bond donors (Lipinski definition) is 2. The average molecular weight is 287 g/mol. The Hall–Kier alpha value is -1.61. The predicted octanol–water partition coefficient (Wildman–Crippen LogP) is 2.80. The quantitative estimate of drug-likeness (QED) is 0.790. The monoisotopic (exact) mass is 287 g/mol. The average Bonchev–Trinajstić information content (AvgIpc) is 2.98. The van der Waals surface area contributed by atoms with Gasteiger partial charge in [-0.25, -0.2) is 0 Å². The van der Waals surface area contributed by atoms with Crippen LogP contribution in [0.5, 0.6) is 0 Å². The molecular formula is C18H25NO2. The SMILES string of the molecule is CCC(CC)(C(=O)N[C@@H]1C=C[C@H](CO)C1)c1ccccc1. The molecule has 0 radical (unpaired) electrons. The Balaban J connectivity index is 2.15. The molecule has 0 unspecified atom stereocenters. The van der Waals surface area contributed by atoms with Gasteiger partial charge in [-0.2, -0.15) is 0 Å². The smallest absolute Gasteiger partial charge is 0.231 e. The van der Waals surface area contributed by atoms with Crippen molar-refractivity contribution < 1.29 is 9.90 Å². The number of carbonyl (C=O) groups is 1. The molecule has 21 heavy (non-hydrogen) atoms. The molecule has 0 heterocycles. The highest BCUT2D eigenvalue weighted by atomic mass is 16.3. The van der Waals surface area contributed by atoms with Gasteiger partial charge in [-0.3, -0.25) is 4.79 Å². The number of nitrogens with one attached hydrogen (secondary N) is 1. The van der Waals surface area contributed by atoms with Gasteiger partial charge in [0.15, 0.2) is 0 Å².